The van der Waals surface area contributed by atoms with E-state index < -0.39 is 0 Å². The van der Waals surface area contributed by atoms with Gasteiger partial charge >= 0.3 is 0 Å². The van der Waals surface area contributed by atoms with Gasteiger partial charge in [0, 0.05) is 18.6 Å². The van der Waals surface area contributed by atoms with Gasteiger partial charge in [0.2, 0.25) is 0 Å². The number of nitrogens with zero attached hydrogens (tertiary/aromatic N) is 2. The predicted molar refractivity (Wildman–Crippen MR) is 67.0 cm³/mol. The Bertz CT molecular complexity index is 212. The van der Waals surface area contributed by atoms with E-state index in [4.69, 9.17) is 0 Å². The van der Waals surface area contributed by atoms with Gasteiger partial charge in [-0.05, 0) is 41.5 Å². The van der Waals surface area contributed by atoms with Crippen LogP contribution in [0, 0.1) is 0 Å². The first kappa shape index (κ1) is 13.0. The molecule has 0 unspecified atom stereocenters. The summed E-state index contributed by atoms with van der Waals surface area (Å²) in [5, 5.41) is 0. The summed E-state index contributed by atoms with van der Waals surface area (Å²) in [6.45, 7) is 19.1. The highest BCUT2D eigenvalue weighted by molar-refractivity contribution is 4.79. The van der Waals surface area contributed by atoms with Crippen LogP contribution in [0.15, 0.2) is 0 Å². The minimum Gasteiger partial charge on any atom is -0.320 e. The van der Waals surface area contributed by atoms with Crippen molar-refractivity contribution in [2.45, 2.75) is 52.6 Å². The Morgan fingerprint density at radius 1 is 0.867 bits per heavy atom. The van der Waals surface area contributed by atoms with E-state index in [0.717, 1.165) is 0 Å². The summed E-state index contributed by atoms with van der Waals surface area (Å²) in [5.74, 6) is 0. The van der Waals surface area contributed by atoms with E-state index in [1.54, 1.807) is 0 Å². The van der Waals surface area contributed by atoms with Gasteiger partial charge in [0.15, 0.2) is 0 Å². The van der Waals surface area contributed by atoms with Crippen LogP contribution in [0.5, 0.6) is 0 Å². The molecule has 0 amide bonds. The molecule has 1 heterocycles. The van der Waals surface area contributed by atoms with Gasteiger partial charge in [-0.25, -0.2) is 0 Å². The van der Waals surface area contributed by atoms with Crippen LogP contribution in [-0.4, -0.2) is 53.7 Å². The molecule has 1 fully saturated rings. The first-order chi connectivity index (χ1) is 6.56. The third kappa shape index (κ3) is 2.73. The number of rotatable bonds is 0. The van der Waals surface area contributed by atoms with Crippen LogP contribution in [0.2, 0.25) is 0 Å². The van der Waals surface area contributed by atoms with E-state index in [1.165, 1.54) is 30.7 Å². The van der Waals surface area contributed by atoms with Crippen molar-refractivity contribution >= 4 is 0 Å². The second-order valence-electron chi connectivity index (χ2n) is 7.17. The van der Waals surface area contributed by atoms with Crippen LogP contribution in [-0.2, 0) is 0 Å². The zero-order valence-corrected chi connectivity index (χ0v) is 11.7. The number of hydrogen-bond acceptors (Lipinski definition) is 1. The van der Waals surface area contributed by atoms with Gasteiger partial charge in [0.05, 0.1) is 25.7 Å². The molecule has 0 aromatic heterocycles. The second kappa shape index (κ2) is 3.74. The molecule has 2 heteroatoms. The van der Waals surface area contributed by atoms with Crippen molar-refractivity contribution < 1.29 is 4.48 Å². The summed E-state index contributed by atoms with van der Waals surface area (Å²) in [6, 6.07) is 0. The molecule has 1 saturated heterocycles. The summed E-state index contributed by atoms with van der Waals surface area (Å²) in [5.41, 5.74) is 0.715. The Morgan fingerprint density at radius 2 is 1.27 bits per heavy atom. The van der Waals surface area contributed by atoms with Gasteiger partial charge < -0.3 is 4.48 Å². The van der Waals surface area contributed by atoms with E-state index in [0.29, 0.717) is 11.1 Å². The average molecular weight is 213 g/mol. The van der Waals surface area contributed by atoms with Crippen molar-refractivity contribution in [1.82, 2.24) is 4.90 Å². The summed E-state index contributed by atoms with van der Waals surface area (Å²) in [6.07, 6.45) is 0. The van der Waals surface area contributed by atoms with Gasteiger partial charge in [0.1, 0.15) is 0 Å². The lowest BCUT2D eigenvalue weighted by Crippen LogP contribution is -2.67. The van der Waals surface area contributed by atoms with E-state index in [-0.39, 0.29) is 0 Å². The third-order valence-corrected chi connectivity index (χ3v) is 4.30. The van der Waals surface area contributed by atoms with Crippen LogP contribution in [0.1, 0.15) is 41.5 Å². The molecule has 0 aliphatic carbocycles. The zero-order chi connectivity index (χ0) is 11.9. The molecule has 90 valence electrons. The molecule has 0 saturated carbocycles. The normalized spacial score (nSPS) is 24.2. The molecule has 0 aromatic rings. The van der Waals surface area contributed by atoms with Crippen molar-refractivity contribution in [2.75, 3.05) is 33.2 Å². The number of quaternary nitrogens is 1. The van der Waals surface area contributed by atoms with Crippen molar-refractivity contribution in [3.05, 3.63) is 0 Å². The van der Waals surface area contributed by atoms with Gasteiger partial charge in [-0.1, -0.05) is 0 Å². The van der Waals surface area contributed by atoms with Crippen molar-refractivity contribution in [2.24, 2.45) is 0 Å². The van der Waals surface area contributed by atoms with Crippen LogP contribution >= 0.6 is 0 Å². The maximum atomic E-state index is 2.61. The quantitative estimate of drug-likeness (QED) is 0.558. The average Bonchev–Trinajstić information content (AvgIpc) is 2.01. The van der Waals surface area contributed by atoms with Crippen LogP contribution in [0.25, 0.3) is 0 Å². The van der Waals surface area contributed by atoms with Crippen molar-refractivity contribution in [3.63, 3.8) is 0 Å². The Balaban J connectivity index is 2.64. The molecule has 2 nitrogen and oxygen atoms in total. The lowest BCUT2D eigenvalue weighted by Gasteiger charge is -2.52. The number of hydrogen-bond donors (Lipinski definition) is 0. The van der Waals surface area contributed by atoms with E-state index in [9.17, 15) is 0 Å². The number of likely N-dealkylation sites (N-methyl/N-ethyl adjacent to an activating group) is 1. The van der Waals surface area contributed by atoms with Crippen molar-refractivity contribution in [1.29, 1.82) is 0 Å². The lowest BCUT2D eigenvalue weighted by molar-refractivity contribution is -0.957. The first-order valence-corrected chi connectivity index (χ1v) is 6.16. The fraction of sp³-hybridized carbons (Fsp3) is 1.00. The maximum absolute atomic E-state index is 2.61. The molecular formula is C13H29N2+. The highest BCUT2D eigenvalue weighted by atomic mass is 15.4. The molecule has 0 spiro atoms. The maximum Gasteiger partial charge on any atom is 0.0918 e. The molecule has 0 aromatic carbocycles. The van der Waals surface area contributed by atoms with Crippen LogP contribution in [0.3, 0.4) is 0 Å². The third-order valence-electron chi connectivity index (χ3n) is 4.30. The molecule has 0 N–H and O–H groups in total. The van der Waals surface area contributed by atoms with E-state index in [1.807, 2.05) is 0 Å². The van der Waals surface area contributed by atoms with Crippen LogP contribution < -0.4 is 0 Å². The minimum absolute atomic E-state index is 0.336. The Hall–Kier alpha value is -0.0800. The largest absolute Gasteiger partial charge is 0.320 e. The summed E-state index contributed by atoms with van der Waals surface area (Å²) < 4.78 is 1.21. The Labute approximate surface area is 95.8 Å². The molecule has 1 aliphatic rings. The minimum atomic E-state index is 0.336. The summed E-state index contributed by atoms with van der Waals surface area (Å²) in [4.78, 5) is 2.61. The fourth-order valence-electron chi connectivity index (χ4n) is 2.25. The molecule has 15 heavy (non-hydrogen) atoms. The van der Waals surface area contributed by atoms with E-state index >= 15 is 0 Å². The summed E-state index contributed by atoms with van der Waals surface area (Å²) in [7, 11) is 2.40. The predicted octanol–water partition coefficient (Wildman–Crippen LogP) is 2.35. The van der Waals surface area contributed by atoms with Gasteiger partial charge in [-0.15, -0.1) is 0 Å². The fourth-order valence-corrected chi connectivity index (χ4v) is 2.25. The lowest BCUT2D eigenvalue weighted by atomic mass is 9.98. The highest BCUT2D eigenvalue weighted by Crippen LogP contribution is 2.26. The molecular weight excluding hydrogens is 184 g/mol. The Morgan fingerprint density at radius 3 is 1.53 bits per heavy atom. The van der Waals surface area contributed by atoms with Gasteiger partial charge in [-0.3, -0.25) is 4.90 Å². The highest BCUT2D eigenvalue weighted by Gasteiger charge is 2.40. The molecule has 1 rings (SSSR count). The second-order valence-corrected chi connectivity index (χ2v) is 7.17. The molecule has 0 bridgehead atoms. The molecule has 1 aliphatic heterocycles. The monoisotopic (exact) mass is 213 g/mol. The van der Waals surface area contributed by atoms with E-state index in [2.05, 4.69) is 53.5 Å². The number of piperazine rings is 1. The topological polar surface area (TPSA) is 3.24 Å². The molecule has 0 radical (unpaired) electrons. The zero-order valence-electron chi connectivity index (χ0n) is 11.7. The van der Waals surface area contributed by atoms with Gasteiger partial charge in [0.25, 0.3) is 0 Å². The summed E-state index contributed by atoms with van der Waals surface area (Å²) >= 11 is 0. The van der Waals surface area contributed by atoms with Gasteiger partial charge in [-0.2, -0.15) is 0 Å². The smallest absolute Gasteiger partial charge is 0.0918 e. The van der Waals surface area contributed by atoms with Crippen molar-refractivity contribution in [3.8, 4) is 0 Å². The standard InChI is InChI=1S/C13H29N2/c1-12(2,3)14-8-10-15(7,11-9-14)13(4,5)6/h8-11H2,1-7H3/q+1. The van der Waals surface area contributed by atoms with Crippen LogP contribution in [0.4, 0.5) is 0 Å². The Kier molecular flexibility index (Phi) is 3.24. The SMILES string of the molecule is CC(C)(C)N1CC[N+](C)(C(C)(C)C)CC1. The first-order valence-electron chi connectivity index (χ1n) is 6.16. The molecule has 0 atom stereocenters.